The van der Waals surface area contributed by atoms with Gasteiger partial charge < -0.3 is 10.3 Å². The van der Waals surface area contributed by atoms with Crippen molar-refractivity contribution in [2.75, 3.05) is 0 Å². The van der Waals surface area contributed by atoms with Crippen LogP contribution in [0.1, 0.15) is 44.9 Å². The summed E-state index contributed by atoms with van der Waals surface area (Å²) in [5, 5.41) is 3.22. The van der Waals surface area contributed by atoms with Gasteiger partial charge in [0.05, 0.1) is 5.25 Å². The molecule has 26 heavy (non-hydrogen) atoms. The maximum absolute atomic E-state index is 12.4. The number of H-pyrrole nitrogens is 1. The number of amides is 1. The van der Waals surface area contributed by atoms with Crippen LogP contribution in [0.2, 0.25) is 0 Å². The molecule has 0 saturated heterocycles. The van der Waals surface area contributed by atoms with Crippen molar-refractivity contribution in [3.05, 3.63) is 58.0 Å². The number of carbonyl (C=O) groups is 1. The van der Waals surface area contributed by atoms with Crippen LogP contribution in [0.15, 0.2) is 46.3 Å². The van der Waals surface area contributed by atoms with Crippen LogP contribution in [0.4, 0.5) is 0 Å². The van der Waals surface area contributed by atoms with Gasteiger partial charge in [0.25, 0.3) is 5.56 Å². The number of nitrogens with zero attached hydrogens (tertiary/aromatic N) is 1. The molecule has 1 aromatic heterocycles. The second kappa shape index (κ2) is 10.2. The van der Waals surface area contributed by atoms with Gasteiger partial charge in [0.2, 0.25) is 5.91 Å². The Hall–Kier alpha value is -2.08. The van der Waals surface area contributed by atoms with Gasteiger partial charge in [-0.2, -0.15) is 0 Å². The topological polar surface area (TPSA) is 74.8 Å². The van der Waals surface area contributed by atoms with E-state index in [-0.39, 0.29) is 22.8 Å². The summed E-state index contributed by atoms with van der Waals surface area (Å²) in [4.78, 5) is 31.3. The Morgan fingerprint density at radius 1 is 1.23 bits per heavy atom. The minimum absolute atomic E-state index is 0.0425. The van der Waals surface area contributed by atoms with Gasteiger partial charge in [0.15, 0.2) is 5.16 Å². The van der Waals surface area contributed by atoms with E-state index >= 15 is 0 Å². The maximum Gasteiger partial charge on any atom is 0.251 e. The molecule has 1 amide bonds. The molecule has 0 aliphatic heterocycles. The van der Waals surface area contributed by atoms with Crippen LogP contribution in [0.3, 0.4) is 0 Å². The molecule has 2 N–H and O–H groups in total. The Bertz CT molecular complexity index is 761. The lowest BCUT2D eigenvalue weighted by Gasteiger charge is -2.17. The zero-order valence-electron chi connectivity index (χ0n) is 15.6. The summed E-state index contributed by atoms with van der Waals surface area (Å²) < 4.78 is 0. The first-order valence-electron chi connectivity index (χ1n) is 9.09. The number of aromatic amines is 1. The summed E-state index contributed by atoms with van der Waals surface area (Å²) in [5.41, 5.74) is 1.86. The number of rotatable bonds is 9. The van der Waals surface area contributed by atoms with E-state index in [1.807, 2.05) is 39.0 Å². The quantitative estimate of drug-likeness (QED) is 0.522. The number of aryl methyl sites for hydroxylation is 2. The first-order chi connectivity index (χ1) is 12.5. The molecule has 2 atom stereocenters. The molecule has 0 saturated carbocycles. The van der Waals surface area contributed by atoms with Gasteiger partial charge in [-0.05, 0) is 38.7 Å². The van der Waals surface area contributed by atoms with Crippen LogP contribution < -0.4 is 10.9 Å². The van der Waals surface area contributed by atoms with Crippen LogP contribution in [0, 0.1) is 0 Å². The van der Waals surface area contributed by atoms with E-state index in [0.29, 0.717) is 5.16 Å². The number of hydrogen-bond donors (Lipinski definition) is 2. The Morgan fingerprint density at radius 3 is 2.65 bits per heavy atom. The molecule has 0 fully saturated rings. The number of thioether (sulfide) groups is 1. The SMILES string of the molecule is CCCc1cc(=O)[nH]c(S[C@H](C)C(=O)N[C@@H](C)CCc2ccccc2)n1. The third kappa shape index (κ3) is 6.67. The smallest absolute Gasteiger partial charge is 0.251 e. The fourth-order valence-corrected chi connectivity index (χ4v) is 3.44. The van der Waals surface area contributed by atoms with Crippen LogP contribution in [0.25, 0.3) is 0 Å². The van der Waals surface area contributed by atoms with Crippen LogP contribution in [-0.2, 0) is 17.6 Å². The van der Waals surface area contributed by atoms with Crippen molar-refractivity contribution in [3.63, 3.8) is 0 Å². The predicted octanol–water partition coefficient (Wildman–Crippen LogP) is 3.34. The molecule has 1 aromatic carbocycles. The lowest BCUT2D eigenvalue weighted by molar-refractivity contribution is -0.120. The third-order valence-electron chi connectivity index (χ3n) is 4.03. The van der Waals surface area contributed by atoms with E-state index < -0.39 is 0 Å². The summed E-state index contributed by atoms with van der Waals surface area (Å²) >= 11 is 1.28. The normalized spacial score (nSPS) is 13.2. The molecule has 2 rings (SSSR count). The second-order valence-electron chi connectivity index (χ2n) is 6.49. The molecule has 0 bridgehead atoms. The molecule has 140 valence electrons. The fourth-order valence-electron chi connectivity index (χ4n) is 2.60. The van der Waals surface area contributed by atoms with Crippen molar-refractivity contribution >= 4 is 17.7 Å². The zero-order valence-corrected chi connectivity index (χ0v) is 16.4. The summed E-state index contributed by atoms with van der Waals surface area (Å²) in [6.07, 6.45) is 3.50. The van der Waals surface area contributed by atoms with E-state index in [9.17, 15) is 9.59 Å². The predicted molar refractivity (Wildman–Crippen MR) is 107 cm³/mol. The highest BCUT2D eigenvalue weighted by atomic mass is 32.2. The first kappa shape index (κ1) is 20.2. The highest BCUT2D eigenvalue weighted by Gasteiger charge is 2.18. The fraction of sp³-hybridized carbons (Fsp3) is 0.450. The van der Waals surface area contributed by atoms with E-state index in [0.717, 1.165) is 31.4 Å². The van der Waals surface area contributed by atoms with E-state index in [4.69, 9.17) is 0 Å². The summed E-state index contributed by atoms with van der Waals surface area (Å²) in [6.45, 7) is 5.89. The molecular formula is C20H27N3O2S. The molecule has 0 spiro atoms. The monoisotopic (exact) mass is 373 g/mol. The number of aromatic nitrogens is 2. The molecule has 0 aliphatic carbocycles. The number of nitrogens with one attached hydrogen (secondary N) is 2. The van der Waals surface area contributed by atoms with E-state index in [2.05, 4.69) is 27.4 Å². The number of benzene rings is 1. The minimum Gasteiger partial charge on any atom is -0.353 e. The second-order valence-corrected chi connectivity index (χ2v) is 7.82. The van der Waals surface area contributed by atoms with Gasteiger partial charge in [-0.25, -0.2) is 4.98 Å². The van der Waals surface area contributed by atoms with Gasteiger partial charge in [0, 0.05) is 17.8 Å². The van der Waals surface area contributed by atoms with Crippen molar-refractivity contribution in [3.8, 4) is 0 Å². The van der Waals surface area contributed by atoms with Crippen LogP contribution in [0.5, 0.6) is 0 Å². The van der Waals surface area contributed by atoms with Crippen molar-refractivity contribution < 1.29 is 4.79 Å². The molecule has 2 aromatic rings. The lowest BCUT2D eigenvalue weighted by Crippen LogP contribution is -2.38. The highest BCUT2D eigenvalue weighted by molar-refractivity contribution is 8.00. The maximum atomic E-state index is 12.4. The minimum atomic E-state index is -0.325. The summed E-state index contributed by atoms with van der Waals surface area (Å²) in [7, 11) is 0. The first-order valence-corrected chi connectivity index (χ1v) is 9.97. The van der Waals surface area contributed by atoms with Crippen molar-refractivity contribution in [2.24, 2.45) is 0 Å². The lowest BCUT2D eigenvalue weighted by atomic mass is 10.1. The third-order valence-corrected chi connectivity index (χ3v) is 5.02. The molecule has 0 unspecified atom stereocenters. The Labute approximate surface area is 159 Å². The Morgan fingerprint density at radius 2 is 1.96 bits per heavy atom. The van der Waals surface area contributed by atoms with Gasteiger partial charge in [0.1, 0.15) is 0 Å². The average molecular weight is 374 g/mol. The van der Waals surface area contributed by atoms with Crippen molar-refractivity contribution in [1.82, 2.24) is 15.3 Å². The Kier molecular flexibility index (Phi) is 7.91. The number of carbonyl (C=O) groups excluding carboxylic acids is 1. The molecular weight excluding hydrogens is 346 g/mol. The molecule has 0 radical (unpaired) electrons. The van der Waals surface area contributed by atoms with Gasteiger partial charge in [-0.15, -0.1) is 0 Å². The summed E-state index contributed by atoms with van der Waals surface area (Å²) in [6, 6.07) is 11.8. The van der Waals surface area contributed by atoms with E-state index in [1.54, 1.807) is 0 Å². The summed E-state index contributed by atoms with van der Waals surface area (Å²) in [5.74, 6) is -0.0425. The molecule has 1 heterocycles. The van der Waals surface area contributed by atoms with Gasteiger partial charge in [-0.3, -0.25) is 9.59 Å². The van der Waals surface area contributed by atoms with Crippen molar-refractivity contribution in [1.29, 1.82) is 0 Å². The number of hydrogen-bond acceptors (Lipinski definition) is 4. The Balaban J connectivity index is 1.86. The average Bonchev–Trinajstić information content (AvgIpc) is 2.60. The van der Waals surface area contributed by atoms with Crippen molar-refractivity contribution in [2.45, 2.75) is 62.9 Å². The van der Waals surface area contributed by atoms with E-state index in [1.165, 1.54) is 23.4 Å². The molecule has 6 heteroatoms. The van der Waals surface area contributed by atoms with Crippen LogP contribution in [-0.4, -0.2) is 27.2 Å². The molecule has 5 nitrogen and oxygen atoms in total. The molecule has 0 aliphatic rings. The largest absolute Gasteiger partial charge is 0.353 e. The van der Waals surface area contributed by atoms with Gasteiger partial charge >= 0.3 is 0 Å². The highest BCUT2D eigenvalue weighted by Crippen LogP contribution is 2.19. The standard InChI is InChI=1S/C20H27N3O2S/c1-4-8-17-13-18(24)23-20(22-17)26-15(3)19(25)21-14(2)11-12-16-9-6-5-7-10-16/h5-7,9-10,13-15H,4,8,11-12H2,1-3H3,(H,21,25)(H,22,23,24)/t14-,15+/m0/s1. The van der Waals surface area contributed by atoms with Crippen LogP contribution >= 0.6 is 11.8 Å². The zero-order chi connectivity index (χ0) is 18.9. The van der Waals surface area contributed by atoms with Gasteiger partial charge in [-0.1, -0.05) is 55.4 Å².